The molecule has 1 aromatic heterocycles. The minimum absolute atomic E-state index is 0.147. The zero-order valence-corrected chi connectivity index (χ0v) is 19.0. The van der Waals surface area contributed by atoms with Gasteiger partial charge in [-0.3, -0.25) is 14.9 Å². The predicted octanol–water partition coefficient (Wildman–Crippen LogP) is 4.13. The molecule has 1 N–H and O–H groups in total. The van der Waals surface area contributed by atoms with Gasteiger partial charge in [0.1, 0.15) is 12.2 Å². The van der Waals surface area contributed by atoms with Crippen molar-refractivity contribution >= 4 is 29.0 Å². The Morgan fingerprint density at radius 1 is 1.12 bits per heavy atom. The zero-order chi connectivity index (χ0) is 23.8. The summed E-state index contributed by atoms with van der Waals surface area (Å²) in [4.78, 5) is 33.2. The normalized spacial score (nSPS) is 10.5. The Bertz CT molecular complexity index is 1140. The molecule has 0 radical (unpaired) electrons. The molecule has 1 heterocycles. The van der Waals surface area contributed by atoms with E-state index in [1.165, 1.54) is 38.1 Å². The molecular formula is C22H22N4O6S. The van der Waals surface area contributed by atoms with Crippen molar-refractivity contribution in [2.75, 3.05) is 32.8 Å². The fraction of sp³-hybridized carbons (Fsp3) is 0.227. The number of aryl methyl sites for hydroxylation is 1. The highest BCUT2D eigenvalue weighted by Gasteiger charge is 2.25. The monoisotopic (exact) mass is 470 g/mol. The van der Waals surface area contributed by atoms with Gasteiger partial charge in [-0.2, -0.15) is 0 Å². The van der Waals surface area contributed by atoms with Crippen LogP contribution in [-0.4, -0.2) is 48.2 Å². The second kappa shape index (κ2) is 11.2. The predicted molar refractivity (Wildman–Crippen MR) is 122 cm³/mol. The Morgan fingerprint density at radius 2 is 1.88 bits per heavy atom. The number of nitrogens with zero attached hydrogens (tertiary/aromatic N) is 3. The first-order valence-corrected chi connectivity index (χ1v) is 10.6. The van der Waals surface area contributed by atoms with Crippen molar-refractivity contribution in [2.45, 2.75) is 17.0 Å². The van der Waals surface area contributed by atoms with Gasteiger partial charge in [0, 0.05) is 36.2 Å². The van der Waals surface area contributed by atoms with Crippen LogP contribution in [0.4, 0.5) is 11.4 Å². The molecule has 0 atom stereocenters. The van der Waals surface area contributed by atoms with Crippen LogP contribution in [0.15, 0.2) is 58.8 Å². The molecule has 0 unspecified atom stereocenters. The van der Waals surface area contributed by atoms with Gasteiger partial charge in [-0.15, -0.1) is 0 Å². The number of benzene rings is 2. The average molecular weight is 471 g/mol. The highest BCUT2D eigenvalue weighted by atomic mass is 32.2. The van der Waals surface area contributed by atoms with Gasteiger partial charge in [-0.25, -0.2) is 9.97 Å². The number of nitro groups is 1. The highest BCUT2D eigenvalue weighted by Crippen LogP contribution is 2.35. The molecule has 0 saturated carbocycles. The van der Waals surface area contributed by atoms with Crippen LogP contribution in [0, 0.1) is 17.0 Å². The molecule has 33 heavy (non-hydrogen) atoms. The molecule has 0 spiro atoms. The van der Waals surface area contributed by atoms with Crippen molar-refractivity contribution < 1.29 is 23.9 Å². The molecule has 0 bridgehead atoms. The summed E-state index contributed by atoms with van der Waals surface area (Å²) >= 11 is 1.38. The fourth-order valence-electron chi connectivity index (χ4n) is 2.86. The lowest BCUT2D eigenvalue weighted by atomic mass is 10.1. The van der Waals surface area contributed by atoms with E-state index in [9.17, 15) is 14.9 Å². The van der Waals surface area contributed by atoms with Crippen LogP contribution in [0.1, 0.15) is 15.9 Å². The van der Waals surface area contributed by atoms with E-state index in [0.717, 1.165) is 10.5 Å². The second-order valence-corrected chi connectivity index (χ2v) is 7.72. The molecule has 3 aromatic rings. The largest absolute Gasteiger partial charge is 0.493 e. The molecule has 10 nitrogen and oxygen atoms in total. The topological polar surface area (TPSA) is 126 Å². The molecule has 0 aliphatic rings. The van der Waals surface area contributed by atoms with Crippen LogP contribution in [0.5, 0.6) is 11.5 Å². The van der Waals surface area contributed by atoms with Gasteiger partial charge in [-0.05, 0) is 48.5 Å². The Balaban J connectivity index is 1.83. The van der Waals surface area contributed by atoms with Crippen LogP contribution in [-0.2, 0) is 4.74 Å². The summed E-state index contributed by atoms with van der Waals surface area (Å²) in [6.45, 7) is 2.30. The third kappa shape index (κ3) is 6.18. The number of aromatic nitrogens is 2. The summed E-state index contributed by atoms with van der Waals surface area (Å²) in [6.07, 6.45) is 3.32. The number of hydrogen-bond donors (Lipinski definition) is 1. The summed E-state index contributed by atoms with van der Waals surface area (Å²) in [5.41, 5.74) is 0.753. The van der Waals surface area contributed by atoms with Crippen molar-refractivity contribution in [1.29, 1.82) is 0 Å². The molecule has 3 rings (SSSR count). The van der Waals surface area contributed by atoms with E-state index in [2.05, 4.69) is 15.3 Å². The van der Waals surface area contributed by atoms with Crippen molar-refractivity contribution in [1.82, 2.24) is 9.97 Å². The molecule has 0 aliphatic heterocycles. The summed E-state index contributed by atoms with van der Waals surface area (Å²) in [5.74, 6) is -0.287. The SMILES string of the molecule is COCCOc1cc([N+](=O)[O-])c(C(=O)Nc2ccc(Sc3ncccn3)cc2C)cc1OC. The number of rotatable bonds is 10. The van der Waals surface area contributed by atoms with Crippen molar-refractivity contribution in [3.05, 3.63) is 70.0 Å². The zero-order valence-electron chi connectivity index (χ0n) is 18.2. The number of nitro benzene ring substituents is 1. The van der Waals surface area contributed by atoms with Gasteiger partial charge in [0.15, 0.2) is 16.7 Å². The van der Waals surface area contributed by atoms with Crippen molar-refractivity contribution in [3.8, 4) is 11.5 Å². The number of methoxy groups -OCH3 is 2. The average Bonchev–Trinajstić information content (AvgIpc) is 2.81. The maximum absolute atomic E-state index is 13.0. The van der Waals surface area contributed by atoms with Gasteiger partial charge in [0.2, 0.25) is 0 Å². The van der Waals surface area contributed by atoms with E-state index < -0.39 is 16.5 Å². The summed E-state index contributed by atoms with van der Waals surface area (Å²) in [6, 6.07) is 9.62. The van der Waals surface area contributed by atoms with Crippen LogP contribution in [0.25, 0.3) is 0 Å². The summed E-state index contributed by atoms with van der Waals surface area (Å²) < 4.78 is 15.7. The first kappa shape index (κ1) is 24.0. The Morgan fingerprint density at radius 3 is 2.52 bits per heavy atom. The third-order valence-electron chi connectivity index (χ3n) is 4.47. The van der Waals surface area contributed by atoms with Gasteiger partial charge in [-0.1, -0.05) is 0 Å². The minimum atomic E-state index is -0.640. The van der Waals surface area contributed by atoms with E-state index in [1.54, 1.807) is 24.5 Å². The first-order chi connectivity index (χ1) is 15.9. The summed E-state index contributed by atoms with van der Waals surface area (Å²) in [5, 5.41) is 15.0. The van der Waals surface area contributed by atoms with E-state index in [4.69, 9.17) is 14.2 Å². The van der Waals surface area contributed by atoms with E-state index in [1.807, 2.05) is 19.1 Å². The number of hydrogen-bond acceptors (Lipinski definition) is 9. The van der Waals surface area contributed by atoms with Crippen LogP contribution >= 0.6 is 11.8 Å². The first-order valence-electron chi connectivity index (χ1n) is 9.78. The van der Waals surface area contributed by atoms with Gasteiger partial charge >= 0.3 is 0 Å². The van der Waals surface area contributed by atoms with Crippen LogP contribution in [0.2, 0.25) is 0 Å². The minimum Gasteiger partial charge on any atom is -0.493 e. The second-order valence-electron chi connectivity index (χ2n) is 6.68. The van der Waals surface area contributed by atoms with Gasteiger partial charge < -0.3 is 19.5 Å². The third-order valence-corrected chi connectivity index (χ3v) is 5.35. The van der Waals surface area contributed by atoms with E-state index in [-0.39, 0.29) is 23.7 Å². The molecule has 172 valence electrons. The maximum atomic E-state index is 13.0. The van der Waals surface area contributed by atoms with Crippen molar-refractivity contribution in [2.24, 2.45) is 0 Å². The number of ether oxygens (including phenoxy) is 3. The number of amides is 1. The molecule has 0 saturated heterocycles. The fourth-order valence-corrected chi connectivity index (χ4v) is 3.67. The van der Waals surface area contributed by atoms with Crippen LogP contribution in [0.3, 0.4) is 0 Å². The summed E-state index contributed by atoms with van der Waals surface area (Å²) in [7, 11) is 2.90. The lowest BCUT2D eigenvalue weighted by molar-refractivity contribution is -0.385. The van der Waals surface area contributed by atoms with E-state index >= 15 is 0 Å². The molecule has 2 aromatic carbocycles. The lowest BCUT2D eigenvalue weighted by Crippen LogP contribution is -2.15. The van der Waals surface area contributed by atoms with Gasteiger partial charge in [0.05, 0.1) is 24.7 Å². The Kier molecular flexibility index (Phi) is 8.17. The number of anilines is 1. The molecule has 1 amide bonds. The Hall–Kier alpha value is -3.70. The standard InChI is InChI=1S/C22H22N4O6S/c1-14-11-15(33-22-23-7-4-8-24-22)5-6-17(14)25-21(27)16-12-19(31-3)20(32-10-9-30-2)13-18(16)26(28)29/h4-8,11-13H,9-10H2,1-3H3,(H,25,27). The number of nitrogens with one attached hydrogen (secondary N) is 1. The van der Waals surface area contributed by atoms with Crippen LogP contribution < -0.4 is 14.8 Å². The smallest absolute Gasteiger partial charge is 0.286 e. The molecule has 0 aliphatic carbocycles. The molecule has 0 fully saturated rings. The maximum Gasteiger partial charge on any atom is 0.286 e. The quantitative estimate of drug-likeness (QED) is 0.201. The number of carbonyl (C=O) groups excluding carboxylic acids is 1. The molecular weight excluding hydrogens is 448 g/mol. The van der Waals surface area contributed by atoms with Gasteiger partial charge in [0.25, 0.3) is 11.6 Å². The lowest BCUT2D eigenvalue weighted by Gasteiger charge is -2.14. The Labute approximate surface area is 194 Å². The number of carbonyl (C=O) groups is 1. The highest BCUT2D eigenvalue weighted by molar-refractivity contribution is 7.99. The van der Waals surface area contributed by atoms with Crippen molar-refractivity contribution in [3.63, 3.8) is 0 Å². The molecule has 11 heteroatoms. The van der Waals surface area contributed by atoms with E-state index in [0.29, 0.717) is 17.5 Å².